The molecular weight excluding hydrogens is 256 g/mol. The predicted octanol–water partition coefficient (Wildman–Crippen LogP) is 2.84. The van der Waals surface area contributed by atoms with E-state index in [0.717, 1.165) is 40.7 Å². The van der Waals surface area contributed by atoms with Gasteiger partial charge in [0.05, 0.1) is 0 Å². The number of aromatic nitrogens is 3. The molecule has 4 nitrogen and oxygen atoms in total. The van der Waals surface area contributed by atoms with Crippen molar-refractivity contribution in [3.05, 3.63) is 29.0 Å². The van der Waals surface area contributed by atoms with Crippen molar-refractivity contribution in [1.29, 1.82) is 0 Å². The van der Waals surface area contributed by atoms with Gasteiger partial charge >= 0.3 is 0 Å². The van der Waals surface area contributed by atoms with Crippen molar-refractivity contribution in [3.8, 4) is 10.6 Å². The topological polar surface area (TPSA) is 50.7 Å². The van der Waals surface area contributed by atoms with Crippen molar-refractivity contribution in [2.45, 2.75) is 39.7 Å². The predicted molar refractivity (Wildman–Crippen MR) is 79.3 cm³/mol. The van der Waals surface area contributed by atoms with Crippen LogP contribution in [-0.4, -0.2) is 27.8 Å². The van der Waals surface area contributed by atoms with Gasteiger partial charge in [-0.05, 0) is 32.0 Å². The first-order valence-electron chi connectivity index (χ1n) is 6.64. The molecule has 2 heterocycles. The lowest BCUT2D eigenvalue weighted by atomic mass is 10.2. The maximum atomic E-state index is 4.26. The molecule has 2 rings (SSSR count). The first-order chi connectivity index (χ1) is 9.15. The fourth-order valence-corrected chi connectivity index (χ4v) is 2.66. The summed E-state index contributed by atoms with van der Waals surface area (Å²) < 4.78 is 0. The maximum Gasteiger partial charge on any atom is 0.147 e. The molecule has 0 saturated carbocycles. The molecule has 0 unspecified atom stereocenters. The van der Waals surface area contributed by atoms with Gasteiger partial charge in [0.15, 0.2) is 0 Å². The average Bonchev–Trinajstić information content (AvgIpc) is 2.83. The molecule has 102 valence electrons. The Kier molecular flexibility index (Phi) is 4.99. The molecule has 19 heavy (non-hydrogen) atoms. The van der Waals surface area contributed by atoms with Gasteiger partial charge in [-0.25, -0.2) is 0 Å². The van der Waals surface area contributed by atoms with Crippen molar-refractivity contribution >= 4 is 11.3 Å². The number of pyridine rings is 1. The number of rotatable bonds is 6. The molecule has 0 aromatic carbocycles. The fourth-order valence-electron chi connectivity index (χ4n) is 1.78. The standard InChI is InChI=1S/C14H20N4S/c1-10(2)15-7-4-5-13-17-18-14(19-13)12-6-8-16-11(3)9-12/h6,8-10,15H,4-5,7H2,1-3H3. The van der Waals surface area contributed by atoms with Crippen LogP contribution >= 0.6 is 11.3 Å². The summed E-state index contributed by atoms with van der Waals surface area (Å²) in [5.41, 5.74) is 2.12. The normalized spacial score (nSPS) is 11.2. The third-order valence-electron chi connectivity index (χ3n) is 2.73. The summed E-state index contributed by atoms with van der Waals surface area (Å²) in [6.45, 7) is 7.34. The second kappa shape index (κ2) is 6.73. The van der Waals surface area contributed by atoms with E-state index in [9.17, 15) is 0 Å². The fraction of sp³-hybridized carbons (Fsp3) is 0.500. The van der Waals surface area contributed by atoms with Crippen LogP contribution in [0.15, 0.2) is 18.3 Å². The third kappa shape index (κ3) is 4.36. The largest absolute Gasteiger partial charge is 0.315 e. The molecule has 0 bridgehead atoms. The molecule has 0 atom stereocenters. The third-order valence-corrected chi connectivity index (χ3v) is 3.76. The second-order valence-corrected chi connectivity index (χ2v) is 5.96. The van der Waals surface area contributed by atoms with Gasteiger partial charge in [0.1, 0.15) is 10.0 Å². The molecule has 0 aliphatic carbocycles. The van der Waals surface area contributed by atoms with Crippen LogP contribution < -0.4 is 5.32 Å². The van der Waals surface area contributed by atoms with Crippen LogP contribution in [0.2, 0.25) is 0 Å². The summed E-state index contributed by atoms with van der Waals surface area (Å²) in [6.07, 6.45) is 3.90. The lowest BCUT2D eigenvalue weighted by Crippen LogP contribution is -2.23. The van der Waals surface area contributed by atoms with Gasteiger partial charge in [-0.1, -0.05) is 25.2 Å². The second-order valence-electron chi connectivity index (χ2n) is 4.90. The molecule has 0 spiro atoms. The molecular formula is C14H20N4S. The summed E-state index contributed by atoms with van der Waals surface area (Å²) in [4.78, 5) is 4.20. The van der Waals surface area contributed by atoms with E-state index in [2.05, 4.69) is 34.3 Å². The first kappa shape index (κ1) is 14.1. The van der Waals surface area contributed by atoms with E-state index in [0.29, 0.717) is 6.04 Å². The minimum absolute atomic E-state index is 0.546. The van der Waals surface area contributed by atoms with E-state index in [1.165, 1.54) is 0 Å². The molecule has 0 aliphatic rings. The van der Waals surface area contributed by atoms with E-state index in [-0.39, 0.29) is 0 Å². The van der Waals surface area contributed by atoms with E-state index in [4.69, 9.17) is 0 Å². The summed E-state index contributed by atoms with van der Waals surface area (Å²) in [5.74, 6) is 0. The Bertz CT molecular complexity index is 522. The van der Waals surface area contributed by atoms with Crippen molar-refractivity contribution in [3.63, 3.8) is 0 Å². The minimum atomic E-state index is 0.546. The zero-order valence-electron chi connectivity index (χ0n) is 11.7. The van der Waals surface area contributed by atoms with Gasteiger partial charge in [0, 0.05) is 29.9 Å². The zero-order chi connectivity index (χ0) is 13.7. The highest BCUT2D eigenvalue weighted by atomic mass is 32.1. The first-order valence-corrected chi connectivity index (χ1v) is 7.45. The Morgan fingerprint density at radius 3 is 2.89 bits per heavy atom. The van der Waals surface area contributed by atoms with Gasteiger partial charge in [0.25, 0.3) is 0 Å². The molecule has 0 amide bonds. The summed E-state index contributed by atoms with van der Waals surface area (Å²) in [6, 6.07) is 4.58. The Morgan fingerprint density at radius 1 is 1.32 bits per heavy atom. The van der Waals surface area contributed by atoms with E-state index in [1.807, 2.05) is 25.3 Å². The van der Waals surface area contributed by atoms with Crippen LogP contribution in [0.25, 0.3) is 10.6 Å². The van der Waals surface area contributed by atoms with E-state index >= 15 is 0 Å². The molecule has 0 radical (unpaired) electrons. The number of nitrogens with zero attached hydrogens (tertiary/aromatic N) is 3. The summed E-state index contributed by atoms with van der Waals surface area (Å²) >= 11 is 1.68. The zero-order valence-corrected chi connectivity index (χ0v) is 12.5. The number of hydrogen-bond donors (Lipinski definition) is 1. The van der Waals surface area contributed by atoms with E-state index in [1.54, 1.807) is 11.3 Å². The van der Waals surface area contributed by atoms with Gasteiger partial charge in [-0.15, -0.1) is 10.2 Å². The smallest absolute Gasteiger partial charge is 0.147 e. The monoisotopic (exact) mass is 276 g/mol. The van der Waals surface area contributed by atoms with Crippen LogP contribution in [0, 0.1) is 6.92 Å². The SMILES string of the molecule is Cc1cc(-c2nnc(CCCNC(C)C)s2)ccn1. The van der Waals surface area contributed by atoms with Gasteiger partial charge in [-0.2, -0.15) is 0 Å². The molecule has 2 aromatic heterocycles. The van der Waals surface area contributed by atoms with Crippen molar-refractivity contribution in [2.75, 3.05) is 6.54 Å². The highest BCUT2D eigenvalue weighted by Crippen LogP contribution is 2.23. The van der Waals surface area contributed by atoms with Crippen LogP contribution in [0.3, 0.4) is 0 Å². The summed E-state index contributed by atoms with van der Waals surface area (Å²) in [5, 5.41) is 14.0. The molecule has 2 aromatic rings. The highest BCUT2D eigenvalue weighted by molar-refractivity contribution is 7.14. The summed E-state index contributed by atoms with van der Waals surface area (Å²) in [7, 11) is 0. The minimum Gasteiger partial charge on any atom is -0.315 e. The van der Waals surface area contributed by atoms with Gasteiger partial charge < -0.3 is 5.32 Å². The molecule has 0 saturated heterocycles. The molecule has 5 heteroatoms. The van der Waals surface area contributed by atoms with Crippen LogP contribution in [0.4, 0.5) is 0 Å². The lowest BCUT2D eigenvalue weighted by molar-refractivity contribution is 0.569. The Hall–Kier alpha value is -1.33. The Balaban J connectivity index is 1.92. The number of hydrogen-bond acceptors (Lipinski definition) is 5. The quantitative estimate of drug-likeness (QED) is 0.824. The molecule has 0 fully saturated rings. The maximum absolute atomic E-state index is 4.26. The Morgan fingerprint density at radius 2 is 2.16 bits per heavy atom. The average molecular weight is 276 g/mol. The van der Waals surface area contributed by atoms with Gasteiger partial charge in [-0.3, -0.25) is 4.98 Å². The van der Waals surface area contributed by atoms with E-state index < -0.39 is 0 Å². The van der Waals surface area contributed by atoms with Crippen LogP contribution in [-0.2, 0) is 6.42 Å². The molecule has 1 N–H and O–H groups in total. The van der Waals surface area contributed by atoms with Crippen molar-refractivity contribution < 1.29 is 0 Å². The van der Waals surface area contributed by atoms with Crippen molar-refractivity contribution in [1.82, 2.24) is 20.5 Å². The van der Waals surface area contributed by atoms with Crippen molar-refractivity contribution in [2.24, 2.45) is 0 Å². The highest BCUT2D eigenvalue weighted by Gasteiger charge is 2.07. The van der Waals surface area contributed by atoms with Crippen LogP contribution in [0.1, 0.15) is 31.0 Å². The number of aryl methyl sites for hydroxylation is 2. The van der Waals surface area contributed by atoms with Gasteiger partial charge in [0.2, 0.25) is 0 Å². The Labute approximate surface area is 118 Å². The van der Waals surface area contributed by atoms with Crippen LogP contribution in [0.5, 0.6) is 0 Å². The molecule has 0 aliphatic heterocycles. The lowest BCUT2D eigenvalue weighted by Gasteiger charge is -2.05. The number of nitrogens with one attached hydrogen (secondary N) is 1.